The summed E-state index contributed by atoms with van der Waals surface area (Å²) in [6.45, 7) is 3.92. The molecular formula is C7H10N2O2S. The van der Waals surface area contributed by atoms with Crippen LogP contribution in [0.4, 0.5) is 0 Å². The zero-order valence-electron chi connectivity index (χ0n) is 7.20. The molecule has 1 heterocycles. The summed E-state index contributed by atoms with van der Waals surface area (Å²) in [4.78, 5) is 11.6. The zero-order chi connectivity index (χ0) is 9.14. The number of hydrogen-bond donors (Lipinski definition) is 0. The van der Waals surface area contributed by atoms with Crippen LogP contribution < -0.4 is 0 Å². The van der Waals surface area contributed by atoms with Gasteiger partial charge in [0.05, 0.1) is 12.8 Å². The number of aromatic nitrogens is 2. The van der Waals surface area contributed by atoms with Crippen LogP contribution in [-0.2, 0) is 4.74 Å². The fourth-order valence-corrected chi connectivity index (χ4v) is 1.55. The predicted octanol–water partition coefficient (Wildman–Crippen LogP) is 1.45. The van der Waals surface area contributed by atoms with Crippen LogP contribution >= 0.6 is 11.5 Å². The lowest BCUT2D eigenvalue weighted by atomic mass is 10.1. The van der Waals surface area contributed by atoms with Crippen LogP contribution in [-0.4, -0.2) is 22.7 Å². The van der Waals surface area contributed by atoms with Crippen molar-refractivity contribution in [3.8, 4) is 0 Å². The van der Waals surface area contributed by atoms with Gasteiger partial charge in [0.15, 0.2) is 4.88 Å². The molecular weight excluding hydrogens is 176 g/mol. The first-order chi connectivity index (χ1) is 5.66. The lowest BCUT2D eigenvalue weighted by molar-refractivity contribution is 0.0604. The average molecular weight is 186 g/mol. The van der Waals surface area contributed by atoms with E-state index in [0.29, 0.717) is 10.6 Å². The summed E-state index contributed by atoms with van der Waals surface area (Å²) in [6, 6.07) is 0. The molecule has 1 aromatic heterocycles. The van der Waals surface area contributed by atoms with Gasteiger partial charge in [-0.2, -0.15) is 0 Å². The van der Waals surface area contributed by atoms with Crippen molar-refractivity contribution in [2.24, 2.45) is 0 Å². The van der Waals surface area contributed by atoms with E-state index in [1.807, 2.05) is 13.8 Å². The molecule has 0 radical (unpaired) electrons. The Balaban J connectivity index is 2.99. The summed E-state index contributed by atoms with van der Waals surface area (Å²) in [5.41, 5.74) is 0.715. The molecule has 1 rings (SSSR count). The van der Waals surface area contributed by atoms with Crippen molar-refractivity contribution < 1.29 is 9.53 Å². The first kappa shape index (κ1) is 9.12. The third kappa shape index (κ3) is 1.61. The number of methoxy groups -OCH3 is 1. The van der Waals surface area contributed by atoms with Crippen molar-refractivity contribution in [2.75, 3.05) is 7.11 Å². The smallest absolute Gasteiger partial charge is 0.351 e. The molecule has 0 bridgehead atoms. The minimum absolute atomic E-state index is 0.206. The normalized spacial score (nSPS) is 10.3. The molecule has 5 heteroatoms. The number of nitrogens with zero attached hydrogens (tertiary/aromatic N) is 2. The predicted molar refractivity (Wildman–Crippen MR) is 45.3 cm³/mol. The molecule has 0 aliphatic heterocycles. The Labute approximate surface area is 74.7 Å². The Morgan fingerprint density at radius 3 is 2.75 bits per heavy atom. The van der Waals surface area contributed by atoms with E-state index in [4.69, 9.17) is 0 Å². The number of esters is 1. The third-order valence-corrected chi connectivity index (χ3v) is 2.15. The van der Waals surface area contributed by atoms with Crippen molar-refractivity contribution in [2.45, 2.75) is 19.8 Å². The van der Waals surface area contributed by atoms with E-state index in [1.54, 1.807) is 0 Å². The summed E-state index contributed by atoms with van der Waals surface area (Å²) in [5.74, 6) is -0.147. The highest BCUT2D eigenvalue weighted by atomic mass is 32.1. The monoisotopic (exact) mass is 186 g/mol. The summed E-state index contributed by atoms with van der Waals surface area (Å²) < 4.78 is 8.28. The quantitative estimate of drug-likeness (QED) is 0.656. The fraction of sp³-hybridized carbons (Fsp3) is 0.571. The van der Waals surface area contributed by atoms with Crippen LogP contribution in [0.2, 0.25) is 0 Å². The van der Waals surface area contributed by atoms with Gasteiger partial charge in [-0.25, -0.2) is 4.79 Å². The van der Waals surface area contributed by atoms with Crippen molar-refractivity contribution >= 4 is 17.5 Å². The molecule has 0 fully saturated rings. The third-order valence-electron chi connectivity index (χ3n) is 1.43. The van der Waals surface area contributed by atoms with Gasteiger partial charge in [0.25, 0.3) is 0 Å². The van der Waals surface area contributed by atoms with Crippen LogP contribution in [0.15, 0.2) is 0 Å². The number of ether oxygens (including phenoxy) is 1. The Kier molecular flexibility index (Phi) is 2.75. The van der Waals surface area contributed by atoms with Crippen molar-refractivity contribution in [1.29, 1.82) is 0 Å². The lowest BCUT2D eigenvalue weighted by Crippen LogP contribution is -2.03. The molecule has 12 heavy (non-hydrogen) atoms. The Morgan fingerprint density at radius 2 is 2.25 bits per heavy atom. The van der Waals surface area contributed by atoms with Gasteiger partial charge >= 0.3 is 5.97 Å². The van der Waals surface area contributed by atoms with Crippen LogP contribution in [0, 0.1) is 0 Å². The van der Waals surface area contributed by atoms with Gasteiger partial charge < -0.3 is 4.74 Å². The van der Waals surface area contributed by atoms with E-state index in [1.165, 1.54) is 7.11 Å². The molecule has 0 aliphatic rings. The summed E-state index contributed by atoms with van der Waals surface area (Å²) in [6.07, 6.45) is 0. The molecule has 0 N–H and O–H groups in total. The molecule has 0 amide bonds. The molecule has 1 aromatic rings. The van der Waals surface area contributed by atoms with Crippen LogP contribution in [0.3, 0.4) is 0 Å². The topological polar surface area (TPSA) is 52.1 Å². The van der Waals surface area contributed by atoms with Crippen molar-refractivity contribution in [1.82, 2.24) is 9.59 Å². The molecule has 0 saturated heterocycles. The van der Waals surface area contributed by atoms with Gasteiger partial charge in [-0.3, -0.25) is 0 Å². The Morgan fingerprint density at radius 1 is 1.58 bits per heavy atom. The highest BCUT2D eigenvalue weighted by Gasteiger charge is 2.18. The maximum absolute atomic E-state index is 11.1. The summed E-state index contributed by atoms with van der Waals surface area (Å²) >= 11 is 1.07. The molecule has 0 saturated carbocycles. The maximum Gasteiger partial charge on any atom is 0.351 e. The van der Waals surface area contributed by atoms with Crippen LogP contribution in [0.1, 0.15) is 35.1 Å². The van der Waals surface area contributed by atoms with Gasteiger partial charge in [0.1, 0.15) is 0 Å². The van der Waals surface area contributed by atoms with Crippen LogP contribution in [0.25, 0.3) is 0 Å². The Hall–Kier alpha value is -0.970. The van der Waals surface area contributed by atoms with E-state index >= 15 is 0 Å². The second-order valence-electron chi connectivity index (χ2n) is 2.63. The number of carbonyl (C=O) groups is 1. The second kappa shape index (κ2) is 3.62. The summed E-state index contributed by atoms with van der Waals surface area (Å²) in [5, 5.41) is 3.85. The number of rotatable bonds is 2. The highest BCUT2D eigenvalue weighted by molar-refractivity contribution is 7.07. The molecule has 0 aromatic carbocycles. The number of carbonyl (C=O) groups excluding carboxylic acids is 1. The fourth-order valence-electron chi connectivity index (χ4n) is 0.810. The SMILES string of the molecule is COC(=O)c1snnc1C(C)C. The van der Waals surface area contributed by atoms with Gasteiger partial charge in [-0.05, 0) is 17.5 Å². The van der Waals surface area contributed by atoms with E-state index < -0.39 is 0 Å². The minimum Gasteiger partial charge on any atom is -0.465 e. The standard InChI is InChI=1S/C7H10N2O2S/c1-4(2)5-6(7(10)11-3)12-9-8-5/h4H,1-3H3. The first-order valence-electron chi connectivity index (χ1n) is 3.57. The minimum atomic E-state index is -0.353. The zero-order valence-corrected chi connectivity index (χ0v) is 8.01. The van der Waals surface area contributed by atoms with E-state index in [9.17, 15) is 4.79 Å². The molecule has 0 spiro atoms. The lowest BCUT2D eigenvalue weighted by Gasteiger charge is -2.00. The van der Waals surface area contributed by atoms with Gasteiger partial charge in [0, 0.05) is 0 Å². The molecule has 0 aliphatic carbocycles. The molecule has 4 nitrogen and oxygen atoms in total. The number of hydrogen-bond acceptors (Lipinski definition) is 5. The second-order valence-corrected chi connectivity index (χ2v) is 3.39. The van der Waals surface area contributed by atoms with Gasteiger partial charge in [-0.15, -0.1) is 5.10 Å². The van der Waals surface area contributed by atoms with Crippen molar-refractivity contribution in [3.05, 3.63) is 10.6 Å². The summed E-state index contributed by atoms with van der Waals surface area (Å²) in [7, 11) is 1.35. The van der Waals surface area contributed by atoms with Gasteiger partial charge in [0.2, 0.25) is 0 Å². The molecule has 0 atom stereocenters. The molecule has 66 valence electrons. The van der Waals surface area contributed by atoms with E-state index in [2.05, 4.69) is 14.3 Å². The first-order valence-corrected chi connectivity index (χ1v) is 4.34. The van der Waals surface area contributed by atoms with Gasteiger partial charge in [-0.1, -0.05) is 18.3 Å². The van der Waals surface area contributed by atoms with E-state index in [-0.39, 0.29) is 11.9 Å². The van der Waals surface area contributed by atoms with E-state index in [0.717, 1.165) is 11.5 Å². The van der Waals surface area contributed by atoms with Crippen molar-refractivity contribution in [3.63, 3.8) is 0 Å². The van der Waals surface area contributed by atoms with Crippen LogP contribution in [0.5, 0.6) is 0 Å². The largest absolute Gasteiger partial charge is 0.465 e. The average Bonchev–Trinajstić information content (AvgIpc) is 2.50. The molecule has 0 unspecified atom stereocenters. The highest BCUT2D eigenvalue weighted by Crippen LogP contribution is 2.19. The Bertz CT molecular complexity index is 283. The maximum atomic E-state index is 11.1.